The minimum absolute atomic E-state index is 0.0721. The SMILES string of the molecule is CC(C)C(C)(O)CNC(=O)c1ccc2nc[nH]c2c1. The first-order valence-electron chi connectivity index (χ1n) is 6.34. The highest BCUT2D eigenvalue weighted by atomic mass is 16.3. The maximum Gasteiger partial charge on any atom is 0.251 e. The van der Waals surface area contributed by atoms with Crippen molar-refractivity contribution in [1.82, 2.24) is 15.3 Å². The van der Waals surface area contributed by atoms with E-state index in [0.717, 1.165) is 11.0 Å². The molecule has 19 heavy (non-hydrogen) atoms. The number of H-pyrrole nitrogens is 1. The third kappa shape index (κ3) is 2.93. The number of aromatic amines is 1. The highest BCUT2D eigenvalue weighted by Gasteiger charge is 2.25. The maximum atomic E-state index is 12.0. The van der Waals surface area contributed by atoms with Crippen molar-refractivity contribution in [2.75, 3.05) is 6.54 Å². The molecular formula is C14H19N3O2. The Hall–Kier alpha value is -1.88. The number of hydrogen-bond donors (Lipinski definition) is 3. The number of aliphatic hydroxyl groups is 1. The predicted octanol–water partition coefficient (Wildman–Crippen LogP) is 1.70. The second kappa shape index (κ2) is 5.01. The summed E-state index contributed by atoms with van der Waals surface area (Å²) in [7, 11) is 0. The number of carbonyl (C=O) groups is 1. The van der Waals surface area contributed by atoms with Crippen molar-refractivity contribution in [3.05, 3.63) is 30.1 Å². The Kier molecular flexibility index (Phi) is 3.57. The van der Waals surface area contributed by atoms with Gasteiger partial charge in [0.2, 0.25) is 0 Å². The lowest BCUT2D eigenvalue weighted by atomic mass is 9.92. The smallest absolute Gasteiger partial charge is 0.251 e. The molecule has 1 unspecified atom stereocenters. The largest absolute Gasteiger partial charge is 0.388 e. The molecule has 2 rings (SSSR count). The average molecular weight is 261 g/mol. The van der Waals surface area contributed by atoms with Crippen LogP contribution in [-0.4, -0.2) is 33.1 Å². The van der Waals surface area contributed by atoms with E-state index >= 15 is 0 Å². The lowest BCUT2D eigenvalue weighted by Crippen LogP contribution is -2.44. The van der Waals surface area contributed by atoms with Crippen molar-refractivity contribution in [2.24, 2.45) is 5.92 Å². The van der Waals surface area contributed by atoms with Crippen molar-refractivity contribution in [3.8, 4) is 0 Å². The number of fused-ring (bicyclic) bond motifs is 1. The summed E-state index contributed by atoms with van der Waals surface area (Å²) in [6, 6.07) is 5.27. The Morgan fingerprint density at radius 2 is 2.26 bits per heavy atom. The van der Waals surface area contributed by atoms with Gasteiger partial charge in [-0.05, 0) is 31.0 Å². The second-order valence-electron chi connectivity index (χ2n) is 5.33. The first-order chi connectivity index (χ1) is 8.90. The minimum Gasteiger partial charge on any atom is -0.388 e. The molecule has 0 radical (unpaired) electrons. The summed E-state index contributed by atoms with van der Waals surface area (Å²) < 4.78 is 0. The van der Waals surface area contributed by atoms with Crippen LogP contribution >= 0.6 is 0 Å². The summed E-state index contributed by atoms with van der Waals surface area (Å²) in [5.41, 5.74) is 1.29. The van der Waals surface area contributed by atoms with Gasteiger partial charge in [-0.2, -0.15) is 0 Å². The van der Waals surface area contributed by atoms with Crippen LogP contribution in [0.5, 0.6) is 0 Å². The average Bonchev–Trinajstić information content (AvgIpc) is 2.82. The Bertz CT molecular complexity index is 587. The summed E-state index contributed by atoms with van der Waals surface area (Å²) in [4.78, 5) is 19.1. The molecule has 5 heteroatoms. The normalized spacial score (nSPS) is 14.6. The third-order valence-electron chi connectivity index (χ3n) is 3.53. The second-order valence-corrected chi connectivity index (χ2v) is 5.33. The fourth-order valence-corrected chi connectivity index (χ4v) is 1.64. The van der Waals surface area contributed by atoms with Crippen LogP contribution in [0.1, 0.15) is 31.1 Å². The van der Waals surface area contributed by atoms with E-state index in [1.54, 1.807) is 31.5 Å². The van der Waals surface area contributed by atoms with Crippen LogP contribution in [0.2, 0.25) is 0 Å². The molecule has 1 atom stereocenters. The van der Waals surface area contributed by atoms with E-state index in [-0.39, 0.29) is 18.4 Å². The van der Waals surface area contributed by atoms with Crippen molar-refractivity contribution < 1.29 is 9.90 Å². The van der Waals surface area contributed by atoms with Gasteiger partial charge in [0.15, 0.2) is 0 Å². The summed E-state index contributed by atoms with van der Waals surface area (Å²) in [5.74, 6) is -0.125. The first-order valence-corrected chi connectivity index (χ1v) is 6.34. The number of carbonyl (C=O) groups excluding carboxylic acids is 1. The zero-order valence-corrected chi connectivity index (χ0v) is 11.4. The molecule has 0 aliphatic rings. The van der Waals surface area contributed by atoms with Gasteiger partial charge in [-0.3, -0.25) is 4.79 Å². The fraction of sp³-hybridized carbons (Fsp3) is 0.429. The standard InChI is InChI=1S/C14H19N3O2/c1-9(2)14(3,19)7-15-13(18)10-4-5-11-12(6-10)17-8-16-11/h4-6,8-9,19H,7H2,1-3H3,(H,15,18)(H,16,17). The quantitative estimate of drug-likeness (QED) is 0.784. The molecule has 0 saturated carbocycles. The Morgan fingerprint density at radius 3 is 2.95 bits per heavy atom. The Labute approximate surface area is 112 Å². The number of benzene rings is 1. The number of nitrogens with one attached hydrogen (secondary N) is 2. The van der Waals surface area contributed by atoms with Crippen molar-refractivity contribution in [2.45, 2.75) is 26.4 Å². The van der Waals surface area contributed by atoms with E-state index in [2.05, 4.69) is 15.3 Å². The van der Waals surface area contributed by atoms with E-state index in [1.807, 2.05) is 13.8 Å². The highest BCUT2D eigenvalue weighted by molar-refractivity contribution is 5.97. The van der Waals surface area contributed by atoms with Crippen LogP contribution in [0.4, 0.5) is 0 Å². The van der Waals surface area contributed by atoms with Gasteiger partial charge in [0.1, 0.15) is 0 Å². The summed E-state index contributed by atoms with van der Waals surface area (Å²) >= 11 is 0. The van der Waals surface area contributed by atoms with Gasteiger partial charge in [-0.25, -0.2) is 4.98 Å². The predicted molar refractivity (Wildman–Crippen MR) is 73.9 cm³/mol. The molecule has 1 amide bonds. The van der Waals surface area contributed by atoms with Crippen LogP contribution in [-0.2, 0) is 0 Å². The summed E-state index contributed by atoms with van der Waals surface area (Å²) in [5, 5.41) is 12.8. The lowest BCUT2D eigenvalue weighted by Gasteiger charge is -2.27. The van der Waals surface area contributed by atoms with Crippen LogP contribution < -0.4 is 5.32 Å². The summed E-state index contributed by atoms with van der Waals surface area (Å²) in [6.45, 7) is 5.78. The summed E-state index contributed by atoms with van der Waals surface area (Å²) in [6.07, 6.45) is 1.59. The minimum atomic E-state index is -0.909. The molecule has 1 heterocycles. The molecule has 0 bridgehead atoms. The van der Waals surface area contributed by atoms with Crippen LogP contribution in [0.3, 0.4) is 0 Å². The molecule has 0 aliphatic heterocycles. The number of nitrogens with zero attached hydrogens (tertiary/aromatic N) is 1. The monoisotopic (exact) mass is 261 g/mol. The van der Waals surface area contributed by atoms with Crippen molar-refractivity contribution in [3.63, 3.8) is 0 Å². The van der Waals surface area contributed by atoms with E-state index in [9.17, 15) is 9.90 Å². The fourth-order valence-electron chi connectivity index (χ4n) is 1.64. The molecule has 2 aromatic rings. The van der Waals surface area contributed by atoms with E-state index in [0.29, 0.717) is 5.56 Å². The lowest BCUT2D eigenvalue weighted by molar-refractivity contribution is 0.0142. The number of rotatable bonds is 4. The van der Waals surface area contributed by atoms with Gasteiger partial charge in [-0.15, -0.1) is 0 Å². The number of aromatic nitrogens is 2. The van der Waals surface area contributed by atoms with Crippen LogP contribution in [0, 0.1) is 5.92 Å². The zero-order chi connectivity index (χ0) is 14.0. The zero-order valence-electron chi connectivity index (χ0n) is 11.4. The third-order valence-corrected chi connectivity index (χ3v) is 3.53. The van der Waals surface area contributed by atoms with Gasteiger partial charge in [0.25, 0.3) is 5.91 Å². The van der Waals surface area contributed by atoms with Gasteiger partial charge >= 0.3 is 0 Å². The number of amides is 1. The molecule has 102 valence electrons. The first kappa shape index (κ1) is 13.5. The van der Waals surface area contributed by atoms with Gasteiger partial charge in [0, 0.05) is 12.1 Å². The van der Waals surface area contributed by atoms with Crippen LogP contribution in [0.15, 0.2) is 24.5 Å². The molecule has 0 saturated heterocycles. The molecule has 5 nitrogen and oxygen atoms in total. The van der Waals surface area contributed by atoms with Crippen molar-refractivity contribution >= 4 is 16.9 Å². The Balaban J connectivity index is 2.07. The van der Waals surface area contributed by atoms with E-state index < -0.39 is 5.60 Å². The molecule has 0 spiro atoms. The number of imidazole rings is 1. The molecule has 0 aliphatic carbocycles. The van der Waals surface area contributed by atoms with E-state index in [1.165, 1.54) is 0 Å². The van der Waals surface area contributed by atoms with Gasteiger partial charge in [-0.1, -0.05) is 13.8 Å². The molecule has 1 aromatic heterocycles. The molecular weight excluding hydrogens is 242 g/mol. The molecule has 1 aromatic carbocycles. The molecule has 3 N–H and O–H groups in total. The number of hydrogen-bond acceptors (Lipinski definition) is 3. The van der Waals surface area contributed by atoms with Crippen LogP contribution in [0.25, 0.3) is 11.0 Å². The highest BCUT2D eigenvalue weighted by Crippen LogP contribution is 2.15. The van der Waals surface area contributed by atoms with Gasteiger partial charge < -0.3 is 15.4 Å². The van der Waals surface area contributed by atoms with Crippen molar-refractivity contribution in [1.29, 1.82) is 0 Å². The maximum absolute atomic E-state index is 12.0. The van der Waals surface area contributed by atoms with Gasteiger partial charge in [0.05, 0.1) is 23.0 Å². The topological polar surface area (TPSA) is 78.0 Å². The Morgan fingerprint density at radius 1 is 1.53 bits per heavy atom. The molecule has 0 fully saturated rings. The van der Waals surface area contributed by atoms with E-state index in [4.69, 9.17) is 0 Å².